The topological polar surface area (TPSA) is 48.3 Å². The maximum Gasteiger partial charge on any atom is 0.339 e. The highest BCUT2D eigenvalue weighted by molar-refractivity contribution is 6.04. The molecule has 1 aliphatic heterocycles. The number of benzene rings is 1. The summed E-state index contributed by atoms with van der Waals surface area (Å²) in [6.07, 6.45) is 1.32. The molecule has 0 bridgehead atoms. The molecule has 1 aliphatic rings. The summed E-state index contributed by atoms with van der Waals surface area (Å²) in [5, 5.41) is 0.872. The van der Waals surface area contributed by atoms with Crippen molar-refractivity contribution >= 4 is 22.7 Å². The Balaban J connectivity index is 2.09. The van der Waals surface area contributed by atoms with Gasteiger partial charge in [-0.2, -0.15) is 0 Å². The molecule has 4 nitrogen and oxygen atoms in total. The fraction of sp³-hybridized carbons (Fsp3) is 0.412. The summed E-state index contributed by atoms with van der Waals surface area (Å²) in [5.41, 5.74) is 2.09. The molecule has 1 aromatic carbocycles. The molecule has 0 saturated heterocycles. The Kier molecular flexibility index (Phi) is 3.12. The molecule has 0 fully saturated rings. The van der Waals surface area contributed by atoms with Gasteiger partial charge in [0.15, 0.2) is 5.78 Å². The number of rotatable bonds is 1. The van der Waals surface area contributed by atoms with Gasteiger partial charge in [0.05, 0.1) is 12.1 Å². The first kappa shape index (κ1) is 13.9. The van der Waals surface area contributed by atoms with Gasteiger partial charge in [-0.1, -0.05) is 6.07 Å². The van der Waals surface area contributed by atoms with E-state index in [1.807, 2.05) is 43.5 Å². The highest BCUT2D eigenvalue weighted by atomic mass is 16.6. The second kappa shape index (κ2) is 4.72. The van der Waals surface area contributed by atoms with Gasteiger partial charge in [-0.25, -0.2) is 4.79 Å². The summed E-state index contributed by atoms with van der Waals surface area (Å²) in [4.78, 5) is 24.0. The van der Waals surface area contributed by atoms with E-state index in [-0.39, 0.29) is 11.8 Å². The zero-order chi connectivity index (χ0) is 15.2. The number of hydrogen-bond acceptors (Lipinski definition) is 3. The first-order chi connectivity index (χ1) is 9.85. The molecule has 21 heavy (non-hydrogen) atoms. The van der Waals surface area contributed by atoms with E-state index < -0.39 is 5.60 Å². The maximum atomic E-state index is 12.4. The number of ketones is 1. The summed E-state index contributed by atoms with van der Waals surface area (Å²) in [6.45, 7) is 5.97. The molecular weight excluding hydrogens is 266 g/mol. The Morgan fingerprint density at radius 2 is 2.00 bits per heavy atom. The zero-order valence-corrected chi connectivity index (χ0v) is 12.6. The van der Waals surface area contributed by atoms with Gasteiger partial charge >= 0.3 is 5.97 Å². The van der Waals surface area contributed by atoms with Crippen molar-refractivity contribution in [1.29, 1.82) is 0 Å². The van der Waals surface area contributed by atoms with E-state index >= 15 is 0 Å². The van der Waals surface area contributed by atoms with Gasteiger partial charge in [0, 0.05) is 23.0 Å². The zero-order valence-electron chi connectivity index (χ0n) is 12.6. The lowest BCUT2D eigenvalue weighted by Gasteiger charge is -2.19. The third-order valence-corrected chi connectivity index (χ3v) is 3.64. The molecule has 3 rings (SSSR count). The number of Topliss-reactive ketones (excluding diaryl/α,β-unsaturated/α-hetero) is 1. The Hall–Kier alpha value is -2.10. The van der Waals surface area contributed by atoms with Crippen LogP contribution in [0.25, 0.3) is 10.9 Å². The van der Waals surface area contributed by atoms with E-state index in [1.165, 1.54) is 0 Å². The van der Waals surface area contributed by atoms with Gasteiger partial charge in [0.25, 0.3) is 0 Å². The largest absolute Gasteiger partial charge is 0.456 e. The van der Waals surface area contributed by atoms with Gasteiger partial charge in [-0.15, -0.1) is 0 Å². The monoisotopic (exact) mass is 285 g/mol. The molecule has 2 heterocycles. The van der Waals surface area contributed by atoms with Crippen LogP contribution in [0.5, 0.6) is 0 Å². The van der Waals surface area contributed by atoms with E-state index in [4.69, 9.17) is 4.74 Å². The third kappa shape index (κ3) is 2.58. The molecule has 0 radical (unpaired) electrons. The van der Waals surface area contributed by atoms with E-state index in [9.17, 15) is 9.59 Å². The molecule has 0 unspecified atom stereocenters. The summed E-state index contributed by atoms with van der Waals surface area (Å²) in [7, 11) is 0. The number of fused-ring (bicyclic) bond motifs is 3. The molecule has 4 heteroatoms. The molecule has 0 spiro atoms. The molecular formula is C17H19NO3. The highest BCUT2D eigenvalue weighted by Crippen LogP contribution is 2.28. The number of hydrogen-bond donors (Lipinski definition) is 0. The van der Waals surface area contributed by atoms with Crippen LogP contribution in [0.3, 0.4) is 0 Å². The van der Waals surface area contributed by atoms with Crippen LogP contribution in [0, 0.1) is 0 Å². The van der Waals surface area contributed by atoms with Crippen molar-refractivity contribution < 1.29 is 14.3 Å². The minimum atomic E-state index is -0.519. The lowest BCUT2D eigenvalue weighted by atomic mass is 10.1. The van der Waals surface area contributed by atoms with Crippen LogP contribution >= 0.6 is 0 Å². The molecule has 2 aromatic rings. The fourth-order valence-corrected chi connectivity index (χ4v) is 2.77. The van der Waals surface area contributed by atoms with Crippen molar-refractivity contribution in [3.63, 3.8) is 0 Å². The quantitative estimate of drug-likeness (QED) is 0.756. The van der Waals surface area contributed by atoms with Gasteiger partial charge < -0.3 is 9.30 Å². The minimum absolute atomic E-state index is 0.239. The van der Waals surface area contributed by atoms with Crippen LogP contribution in [0.2, 0.25) is 0 Å². The Morgan fingerprint density at radius 3 is 2.71 bits per heavy atom. The van der Waals surface area contributed by atoms with Crippen molar-refractivity contribution in [3.05, 3.63) is 35.5 Å². The first-order valence-electron chi connectivity index (χ1n) is 7.21. The number of aryl methyl sites for hydroxylation is 1. The van der Waals surface area contributed by atoms with Crippen LogP contribution in [-0.2, 0) is 22.5 Å². The van der Waals surface area contributed by atoms with E-state index in [0.717, 1.165) is 23.0 Å². The van der Waals surface area contributed by atoms with Crippen molar-refractivity contribution in [1.82, 2.24) is 4.57 Å². The Morgan fingerprint density at radius 1 is 1.24 bits per heavy atom. The van der Waals surface area contributed by atoms with Gasteiger partial charge in [0.1, 0.15) is 5.60 Å². The standard InChI is InChI=1S/C17H19NO3/c1-17(2,3)21-16(20)13-5-4-6-15-14(13)9-11-7-8-12(19)10-18(11)15/h4-6,9H,7-8,10H2,1-3H3. The van der Waals surface area contributed by atoms with Gasteiger partial charge in [-0.05, 0) is 45.4 Å². The molecule has 0 saturated carbocycles. The molecule has 110 valence electrons. The molecule has 0 aliphatic carbocycles. The van der Waals surface area contributed by atoms with Crippen LogP contribution in [0.15, 0.2) is 24.3 Å². The number of carbonyl (C=O) groups is 2. The molecule has 1 aromatic heterocycles. The smallest absolute Gasteiger partial charge is 0.339 e. The number of nitrogens with zero attached hydrogens (tertiary/aromatic N) is 1. The molecule has 0 atom stereocenters. The maximum absolute atomic E-state index is 12.4. The predicted octanol–water partition coefficient (Wildman–Crippen LogP) is 3.11. The number of ether oxygens (including phenoxy) is 1. The normalized spacial score (nSPS) is 15.1. The summed E-state index contributed by atoms with van der Waals surface area (Å²) >= 11 is 0. The average molecular weight is 285 g/mol. The lowest BCUT2D eigenvalue weighted by molar-refractivity contribution is -0.120. The summed E-state index contributed by atoms with van der Waals surface area (Å²) in [5.74, 6) is -0.0787. The van der Waals surface area contributed by atoms with E-state index in [0.29, 0.717) is 18.5 Å². The van der Waals surface area contributed by atoms with Crippen molar-refractivity contribution in [2.45, 2.75) is 45.8 Å². The number of esters is 1. The van der Waals surface area contributed by atoms with Gasteiger partial charge in [0.2, 0.25) is 0 Å². The van der Waals surface area contributed by atoms with Crippen LogP contribution in [0.4, 0.5) is 0 Å². The van der Waals surface area contributed by atoms with Crippen LogP contribution in [0.1, 0.15) is 43.2 Å². The van der Waals surface area contributed by atoms with Crippen molar-refractivity contribution in [2.75, 3.05) is 0 Å². The SMILES string of the molecule is CC(C)(C)OC(=O)c1cccc2c1cc1n2CC(=O)CC1. The second-order valence-corrected chi connectivity index (χ2v) is 6.50. The van der Waals surface area contributed by atoms with E-state index in [2.05, 4.69) is 0 Å². The molecule has 0 amide bonds. The number of aromatic nitrogens is 1. The lowest BCUT2D eigenvalue weighted by Crippen LogP contribution is -2.24. The average Bonchev–Trinajstić information content (AvgIpc) is 2.74. The molecule has 0 N–H and O–H groups in total. The second-order valence-electron chi connectivity index (χ2n) is 6.50. The van der Waals surface area contributed by atoms with Crippen LogP contribution in [-0.4, -0.2) is 21.9 Å². The minimum Gasteiger partial charge on any atom is -0.456 e. The predicted molar refractivity (Wildman–Crippen MR) is 80.4 cm³/mol. The first-order valence-corrected chi connectivity index (χ1v) is 7.21. The highest BCUT2D eigenvalue weighted by Gasteiger charge is 2.23. The Bertz CT molecular complexity index is 734. The number of carbonyl (C=O) groups excluding carboxylic acids is 2. The summed E-state index contributed by atoms with van der Waals surface area (Å²) < 4.78 is 7.48. The van der Waals surface area contributed by atoms with Crippen molar-refractivity contribution in [3.8, 4) is 0 Å². The van der Waals surface area contributed by atoms with Gasteiger partial charge in [-0.3, -0.25) is 4.79 Å². The summed E-state index contributed by atoms with van der Waals surface area (Å²) in [6, 6.07) is 7.59. The fourth-order valence-electron chi connectivity index (χ4n) is 2.77. The van der Waals surface area contributed by atoms with E-state index in [1.54, 1.807) is 6.07 Å². The van der Waals surface area contributed by atoms with Crippen LogP contribution < -0.4 is 0 Å². The Labute approximate surface area is 123 Å². The van der Waals surface area contributed by atoms with Crippen molar-refractivity contribution in [2.24, 2.45) is 0 Å². The third-order valence-electron chi connectivity index (χ3n) is 3.64.